The van der Waals surface area contributed by atoms with Crippen LogP contribution in [0, 0.1) is 23.2 Å². The molecule has 0 saturated heterocycles. The normalized spacial score (nSPS) is 23.1. The van der Waals surface area contributed by atoms with E-state index in [1.165, 1.54) is 24.1 Å². The van der Waals surface area contributed by atoms with Gasteiger partial charge >= 0.3 is 0 Å². The molecule has 0 nitrogen and oxygen atoms in total. The molecular formula is C22H38Si. The monoisotopic (exact) mass is 330 g/mol. The molecule has 0 spiro atoms. The van der Waals surface area contributed by atoms with Crippen molar-refractivity contribution in [2.75, 3.05) is 0 Å². The predicted octanol–water partition coefficient (Wildman–Crippen LogP) is 7.26. The van der Waals surface area contributed by atoms with Gasteiger partial charge in [-0.2, -0.15) is 0 Å². The molecule has 0 fully saturated rings. The van der Waals surface area contributed by atoms with E-state index in [0.29, 0.717) is 11.8 Å². The second-order valence-corrected chi connectivity index (χ2v) is 14.3. The molecule has 0 radical (unpaired) electrons. The lowest BCUT2D eigenvalue weighted by Gasteiger charge is -2.31. The Balaban J connectivity index is 2.95. The van der Waals surface area contributed by atoms with Crippen molar-refractivity contribution in [3.8, 4) is 0 Å². The van der Waals surface area contributed by atoms with Gasteiger partial charge in [-0.1, -0.05) is 84.2 Å². The summed E-state index contributed by atoms with van der Waals surface area (Å²) in [6, 6.07) is 2.49. The van der Waals surface area contributed by atoms with Crippen molar-refractivity contribution < 1.29 is 0 Å². The lowest BCUT2D eigenvalue weighted by molar-refractivity contribution is 0.368. The Morgan fingerprint density at radius 3 is 2.35 bits per heavy atom. The molecule has 0 aromatic heterocycles. The maximum Gasteiger partial charge on any atom is 0.0522 e. The van der Waals surface area contributed by atoms with E-state index in [1.807, 2.05) is 0 Å². The van der Waals surface area contributed by atoms with Gasteiger partial charge in [0.1, 0.15) is 0 Å². The van der Waals surface area contributed by atoms with Crippen molar-refractivity contribution in [2.45, 2.75) is 66.2 Å². The van der Waals surface area contributed by atoms with Gasteiger partial charge in [-0.05, 0) is 41.8 Å². The van der Waals surface area contributed by atoms with Gasteiger partial charge in [0, 0.05) is 5.41 Å². The second-order valence-electron chi connectivity index (χ2n) is 9.18. The van der Waals surface area contributed by atoms with Crippen molar-refractivity contribution in [1.82, 2.24) is 0 Å². The molecule has 0 bridgehead atoms. The maximum atomic E-state index is 3.95. The third-order valence-corrected chi connectivity index (χ3v) is 8.05. The molecule has 0 aromatic rings. The summed E-state index contributed by atoms with van der Waals surface area (Å²) in [5, 5.41) is 0. The lowest BCUT2D eigenvalue weighted by atomic mass is 9.81. The first-order valence-corrected chi connectivity index (χ1v) is 12.7. The number of hydrogen-bond acceptors (Lipinski definition) is 0. The summed E-state index contributed by atoms with van der Waals surface area (Å²) in [5.41, 5.74) is 1.70. The zero-order valence-electron chi connectivity index (χ0n) is 16.5. The van der Waals surface area contributed by atoms with Gasteiger partial charge in [0.15, 0.2) is 0 Å². The first kappa shape index (κ1) is 20.2. The molecule has 1 heteroatoms. The van der Waals surface area contributed by atoms with Crippen LogP contribution in [0.1, 0.15) is 41.0 Å². The fourth-order valence-electron chi connectivity index (χ4n) is 3.94. The first-order valence-electron chi connectivity index (χ1n) is 9.28. The average Bonchev–Trinajstić information content (AvgIpc) is 2.56. The minimum Gasteiger partial charge on any atom is -0.103 e. The summed E-state index contributed by atoms with van der Waals surface area (Å²) in [5.74, 6) is 2.10. The summed E-state index contributed by atoms with van der Waals surface area (Å²) in [7, 11) is -1.23. The third-order valence-electron chi connectivity index (χ3n) is 4.94. The van der Waals surface area contributed by atoms with Crippen LogP contribution >= 0.6 is 0 Å². The highest BCUT2D eigenvalue weighted by Crippen LogP contribution is 2.38. The second kappa shape index (κ2) is 8.33. The van der Waals surface area contributed by atoms with Gasteiger partial charge in [-0.3, -0.25) is 0 Å². The largest absolute Gasteiger partial charge is 0.103 e. The molecule has 130 valence electrons. The Bertz CT molecular complexity index is 476. The Morgan fingerprint density at radius 2 is 1.83 bits per heavy atom. The van der Waals surface area contributed by atoms with Crippen LogP contribution in [0.3, 0.4) is 0 Å². The SMILES string of the molecule is C=CC[Si](C)(C)CC1(C)C=CC=C(C(CC(C)C)C(C)C)C=C1. The van der Waals surface area contributed by atoms with Crippen molar-refractivity contribution >= 4 is 8.07 Å². The molecule has 23 heavy (non-hydrogen) atoms. The summed E-state index contributed by atoms with van der Waals surface area (Å²) < 4.78 is 0. The fourth-order valence-corrected chi connectivity index (χ4v) is 7.16. The van der Waals surface area contributed by atoms with Crippen molar-refractivity contribution in [1.29, 1.82) is 0 Å². The van der Waals surface area contributed by atoms with Gasteiger partial charge in [-0.15, -0.1) is 6.58 Å². The molecule has 1 aliphatic rings. The van der Waals surface area contributed by atoms with Crippen molar-refractivity contribution in [3.05, 3.63) is 48.6 Å². The van der Waals surface area contributed by atoms with Crippen LogP contribution in [-0.2, 0) is 0 Å². The third kappa shape index (κ3) is 6.67. The molecule has 0 saturated carbocycles. The van der Waals surface area contributed by atoms with Crippen LogP contribution in [0.25, 0.3) is 0 Å². The molecule has 0 aromatic carbocycles. The molecule has 2 atom stereocenters. The Kier molecular flexibility index (Phi) is 7.32. The van der Waals surface area contributed by atoms with Crippen molar-refractivity contribution in [2.24, 2.45) is 23.2 Å². The van der Waals surface area contributed by atoms with Crippen LogP contribution in [0.4, 0.5) is 0 Å². The number of hydrogen-bond donors (Lipinski definition) is 0. The summed E-state index contributed by atoms with van der Waals surface area (Å²) in [6.45, 7) is 20.7. The zero-order valence-corrected chi connectivity index (χ0v) is 17.5. The van der Waals surface area contributed by atoms with E-state index in [-0.39, 0.29) is 5.41 Å². The smallest absolute Gasteiger partial charge is 0.0522 e. The zero-order chi connectivity index (χ0) is 17.7. The summed E-state index contributed by atoms with van der Waals surface area (Å²) >= 11 is 0. The van der Waals surface area contributed by atoms with Gasteiger partial charge in [0.25, 0.3) is 0 Å². The number of rotatable bonds is 8. The average molecular weight is 331 g/mol. The van der Waals surface area contributed by atoms with E-state index in [9.17, 15) is 0 Å². The Morgan fingerprint density at radius 1 is 1.17 bits per heavy atom. The Hall–Kier alpha value is -0.823. The van der Waals surface area contributed by atoms with E-state index in [0.717, 1.165) is 5.92 Å². The fraction of sp³-hybridized carbons (Fsp3) is 0.636. The lowest BCUT2D eigenvalue weighted by Crippen LogP contribution is -2.31. The highest BCUT2D eigenvalue weighted by molar-refractivity contribution is 6.78. The minimum absolute atomic E-state index is 0.191. The highest BCUT2D eigenvalue weighted by Gasteiger charge is 2.30. The van der Waals surface area contributed by atoms with Crippen LogP contribution < -0.4 is 0 Å². The quantitative estimate of drug-likeness (QED) is 0.324. The predicted molar refractivity (Wildman–Crippen MR) is 110 cm³/mol. The van der Waals surface area contributed by atoms with E-state index in [1.54, 1.807) is 0 Å². The molecule has 0 heterocycles. The van der Waals surface area contributed by atoms with E-state index < -0.39 is 8.07 Å². The summed E-state index contributed by atoms with van der Waals surface area (Å²) in [6.07, 6.45) is 15.4. The molecule has 1 aliphatic carbocycles. The van der Waals surface area contributed by atoms with Crippen LogP contribution in [-0.4, -0.2) is 8.07 Å². The van der Waals surface area contributed by atoms with E-state index in [4.69, 9.17) is 0 Å². The van der Waals surface area contributed by atoms with Gasteiger partial charge < -0.3 is 0 Å². The van der Waals surface area contributed by atoms with Gasteiger partial charge in [-0.25, -0.2) is 0 Å². The van der Waals surface area contributed by atoms with E-state index >= 15 is 0 Å². The van der Waals surface area contributed by atoms with Crippen molar-refractivity contribution in [3.63, 3.8) is 0 Å². The molecule has 0 N–H and O–H groups in total. The topological polar surface area (TPSA) is 0 Å². The first-order chi connectivity index (χ1) is 10.6. The molecular weight excluding hydrogens is 292 g/mol. The molecule has 0 aliphatic heterocycles. The maximum absolute atomic E-state index is 3.95. The standard InChI is InChI=1S/C22H38Si/c1-9-15-23(7,8)17-22(6)13-10-11-20(12-14-22)21(19(4)5)16-18(2)3/h9-14,18-19,21H,1,15-17H2,2-8H3. The molecule has 2 unspecified atom stereocenters. The molecule has 1 rings (SSSR count). The van der Waals surface area contributed by atoms with Crippen LogP contribution in [0.2, 0.25) is 25.2 Å². The van der Waals surface area contributed by atoms with Crippen LogP contribution in [0.5, 0.6) is 0 Å². The van der Waals surface area contributed by atoms with Gasteiger partial charge in [0.05, 0.1) is 8.07 Å². The molecule has 0 amide bonds. The van der Waals surface area contributed by atoms with Gasteiger partial charge in [0.2, 0.25) is 0 Å². The summed E-state index contributed by atoms with van der Waals surface area (Å²) in [4.78, 5) is 0. The number of allylic oxidation sites excluding steroid dienone is 7. The Labute approximate surface area is 146 Å². The van der Waals surface area contributed by atoms with Crippen LogP contribution in [0.15, 0.2) is 48.6 Å². The van der Waals surface area contributed by atoms with E-state index in [2.05, 4.69) is 90.7 Å². The highest BCUT2D eigenvalue weighted by atomic mass is 28.3. The minimum atomic E-state index is -1.23.